The molecule has 0 radical (unpaired) electrons. The van der Waals surface area contributed by atoms with Gasteiger partial charge in [-0.25, -0.2) is 4.79 Å². The molecule has 0 aliphatic heterocycles. The fourth-order valence-corrected chi connectivity index (χ4v) is 1.62. The van der Waals surface area contributed by atoms with Crippen molar-refractivity contribution in [1.82, 2.24) is 4.98 Å². The number of rotatable bonds is 4. The first-order valence-corrected chi connectivity index (χ1v) is 5.60. The highest BCUT2D eigenvalue weighted by atomic mass is 35.5. The zero-order valence-corrected chi connectivity index (χ0v) is 10.1. The van der Waals surface area contributed by atoms with Gasteiger partial charge in [-0.15, -0.1) is 0 Å². The van der Waals surface area contributed by atoms with Crippen molar-refractivity contribution in [2.75, 3.05) is 0 Å². The Morgan fingerprint density at radius 1 is 1.33 bits per heavy atom. The van der Waals surface area contributed by atoms with Gasteiger partial charge < -0.3 is 9.84 Å². The van der Waals surface area contributed by atoms with Gasteiger partial charge in [-0.1, -0.05) is 23.7 Å². The molecule has 1 aromatic heterocycles. The van der Waals surface area contributed by atoms with E-state index >= 15 is 0 Å². The number of carboxylic acid groups (broad SMARTS) is 1. The minimum absolute atomic E-state index is 0.127. The lowest BCUT2D eigenvalue weighted by atomic mass is 10.2. The largest absolute Gasteiger partial charge is 0.488 e. The van der Waals surface area contributed by atoms with Crippen LogP contribution in [0.2, 0.25) is 5.02 Å². The molecule has 1 N–H and O–H groups in total. The molecule has 0 saturated carbocycles. The zero-order valence-electron chi connectivity index (χ0n) is 9.34. The zero-order chi connectivity index (χ0) is 13.0. The number of carbonyl (C=O) groups is 1. The molecular weight excluding hydrogens is 254 g/mol. The number of aromatic nitrogens is 1. The third-order valence-electron chi connectivity index (χ3n) is 2.36. The smallest absolute Gasteiger partial charge is 0.339 e. The minimum atomic E-state index is -1.02. The molecule has 1 aromatic carbocycles. The molecule has 0 bridgehead atoms. The Balaban J connectivity index is 2.16. The van der Waals surface area contributed by atoms with Crippen LogP contribution in [-0.4, -0.2) is 16.1 Å². The number of benzene rings is 1. The second-order valence-electron chi connectivity index (χ2n) is 3.56. The van der Waals surface area contributed by atoms with Crippen molar-refractivity contribution in [3.63, 3.8) is 0 Å². The van der Waals surface area contributed by atoms with Gasteiger partial charge in [0.1, 0.15) is 17.9 Å². The first-order chi connectivity index (χ1) is 8.68. The molecular formula is C13H10ClNO3. The van der Waals surface area contributed by atoms with Crippen LogP contribution in [0.5, 0.6) is 5.75 Å². The van der Waals surface area contributed by atoms with E-state index in [0.29, 0.717) is 10.8 Å². The van der Waals surface area contributed by atoms with Gasteiger partial charge in [0.05, 0.1) is 5.02 Å². The number of ether oxygens (including phenoxy) is 1. The Bertz CT molecular complexity index is 572. The molecule has 2 rings (SSSR count). The number of aromatic carboxylic acids is 1. The van der Waals surface area contributed by atoms with Crippen LogP contribution in [0, 0.1) is 0 Å². The third-order valence-corrected chi connectivity index (χ3v) is 2.70. The average Bonchev–Trinajstić information content (AvgIpc) is 2.38. The molecule has 0 saturated heterocycles. The predicted octanol–water partition coefficient (Wildman–Crippen LogP) is 3.01. The number of para-hydroxylation sites is 1. The molecule has 5 heteroatoms. The summed E-state index contributed by atoms with van der Waals surface area (Å²) in [6, 6.07) is 8.20. The Labute approximate surface area is 109 Å². The van der Waals surface area contributed by atoms with Gasteiger partial charge in [0.15, 0.2) is 0 Å². The highest BCUT2D eigenvalue weighted by molar-refractivity contribution is 6.31. The van der Waals surface area contributed by atoms with E-state index in [0.717, 1.165) is 5.56 Å². The second-order valence-corrected chi connectivity index (χ2v) is 3.96. The molecule has 0 spiro atoms. The quantitative estimate of drug-likeness (QED) is 0.921. The molecule has 92 valence electrons. The standard InChI is InChI=1S/C13H10ClNO3/c14-11-7-15-6-5-9(11)8-18-12-4-2-1-3-10(12)13(16)17/h1-7H,8H2,(H,16,17). The Hall–Kier alpha value is -2.07. The maximum atomic E-state index is 11.0. The molecule has 2 aromatic rings. The molecule has 0 fully saturated rings. The summed E-state index contributed by atoms with van der Waals surface area (Å²) >= 11 is 5.93. The van der Waals surface area contributed by atoms with Gasteiger partial charge >= 0.3 is 5.97 Å². The van der Waals surface area contributed by atoms with Crippen molar-refractivity contribution >= 4 is 17.6 Å². The van der Waals surface area contributed by atoms with Crippen LogP contribution in [0.4, 0.5) is 0 Å². The van der Waals surface area contributed by atoms with E-state index in [4.69, 9.17) is 21.4 Å². The first kappa shape index (κ1) is 12.4. The summed E-state index contributed by atoms with van der Waals surface area (Å²) in [5.74, 6) is -0.704. The number of carboxylic acids is 1. The molecule has 0 amide bonds. The van der Waals surface area contributed by atoms with Crippen LogP contribution in [0.25, 0.3) is 0 Å². The highest BCUT2D eigenvalue weighted by Crippen LogP contribution is 2.21. The van der Waals surface area contributed by atoms with E-state index in [9.17, 15) is 4.79 Å². The van der Waals surface area contributed by atoms with Crippen molar-refractivity contribution < 1.29 is 14.6 Å². The van der Waals surface area contributed by atoms with Gasteiger partial charge in [0.2, 0.25) is 0 Å². The summed E-state index contributed by atoms with van der Waals surface area (Å²) in [5.41, 5.74) is 0.884. The van der Waals surface area contributed by atoms with Crippen molar-refractivity contribution in [3.8, 4) is 5.75 Å². The van der Waals surface area contributed by atoms with Crippen molar-refractivity contribution in [1.29, 1.82) is 0 Å². The number of pyridine rings is 1. The lowest BCUT2D eigenvalue weighted by Crippen LogP contribution is -2.03. The summed E-state index contributed by atoms with van der Waals surface area (Å²) in [6.07, 6.45) is 3.12. The summed E-state index contributed by atoms with van der Waals surface area (Å²) in [7, 11) is 0. The minimum Gasteiger partial charge on any atom is -0.488 e. The summed E-state index contributed by atoms with van der Waals surface area (Å²) in [5, 5.41) is 9.49. The van der Waals surface area contributed by atoms with Gasteiger partial charge in [-0.05, 0) is 18.2 Å². The van der Waals surface area contributed by atoms with Crippen LogP contribution < -0.4 is 4.74 Å². The van der Waals surface area contributed by atoms with Crippen LogP contribution in [0.3, 0.4) is 0 Å². The number of hydrogen-bond donors (Lipinski definition) is 1. The fraction of sp³-hybridized carbons (Fsp3) is 0.0769. The van der Waals surface area contributed by atoms with Gasteiger partial charge in [0, 0.05) is 18.0 Å². The van der Waals surface area contributed by atoms with Crippen molar-refractivity contribution in [2.45, 2.75) is 6.61 Å². The molecule has 4 nitrogen and oxygen atoms in total. The monoisotopic (exact) mass is 263 g/mol. The lowest BCUT2D eigenvalue weighted by Gasteiger charge is -2.09. The second kappa shape index (κ2) is 5.51. The average molecular weight is 264 g/mol. The van der Waals surface area contributed by atoms with E-state index in [2.05, 4.69) is 4.98 Å². The Morgan fingerprint density at radius 2 is 2.11 bits per heavy atom. The fourth-order valence-electron chi connectivity index (χ4n) is 1.45. The van der Waals surface area contributed by atoms with E-state index < -0.39 is 5.97 Å². The summed E-state index contributed by atoms with van der Waals surface area (Å²) in [6.45, 7) is 0.200. The van der Waals surface area contributed by atoms with Crippen LogP contribution in [0.15, 0.2) is 42.7 Å². The highest BCUT2D eigenvalue weighted by Gasteiger charge is 2.10. The van der Waals surface area contributed by atoms with Crippen LogP contribution in [-0.2, 0) is 6.61 Å². The Kier molecular flexibility index (Phi) is 3.79. The van der Waals surface area contributed by atoms with Gasteiger partial charge in [-0.2, -0.15) is 0 Å². The van der Waals surface area contributed by atoms with Crippen LogP contribution >= 0.6 is 11.6 Å². The topological polar surface area (TPSA) is 59.4 Å². The molecule has 18 heavy (non-hydrogen) atoms. The maximum absolute atomic E-state index is 11.0. The van der Waals surface area contributed by atoms with E-state index in [1.165, 1.54) is 12.3 Å². The SMILES string of the molecule is O=C(O)c1ccccc1OCc1ccncc1Cl. The predicted molar refractivity (Wildman–Crippen MR) is 67.0 cm³/mol. The summed E-state index contributed by atoms with van der Waals surface area (Å²) in [4.78, 5) is 14.8. The molecule has 0 aliphatic rings. The van der Waals surface area contributed by atoms with Gasteiger partial charge in [-0.3, -0.25) is 4.98 Å². The van der Waals surface area contributed by atoms with Crippen molar-refractivity contribution in [3.05, 3.63) is 58.9 Å². The number of halogens is 1. The van der Waals surface area contributed by atoms with E-state index in [1.807, 2.05) is 0 Å². The van der Waals surface area contributed by atoms with Crippen molar-refractivity contribution in [2.24, 2.45) is 0 Å². The van der Waals surface area contributed by atoms with E-state index in [-0.39, 0.29) is 12.2 Å². The normalized spacial score (nSPS) is 10.1. The molecule has 0 unspecified atom stereocenters. The Morgan fingerprint density at radius 3 is 2.83 bits per heavy atom. The maximum Gasteiger partial charge on any atom is 0.339 e. The first-order valence-electron chi connectivity index (χ1n) is 5.22. The molecule has 1 heterocycles. The van der Waals surface area contributed by atoms with Crippen LogP contribution in [0.1, 0.15) is 15.9 Å². The number of nitrogens with zero attached hydrogens (tertiary/aromatic N) is 1. The van der Waals surface area contributed by atoms with Gasteiger partial charge in [0.25, 0.3) is 0 Å². The lowest BCUT2D eigenvalue weighted by molar-refractivity contribution is 0.0692. The molecule has 0 aliphatic carbocycles. The molecule has 0 atom stereocenters. The number of hydrogen-bond acceptors (Lipinski definition) is 3. The summed E-state index contributed by atoms with van der Waals surface area (Å²) < 4.78 is 5.47. The van der Waals surface area contributed by atoms with E-state index in [1.54, 1.807) is 30.5 Å². The third kappa shape index (κ3) is 2.78.